The van der Waals surface area contributed by atoms with Crippen molar-refractivity contribution in [3.05, 3.63) is 190 Å². The number of hydrogen-bond donors (Lipinski definition) is 1. The summed E-state index contributed by atoms with van der Waals surface area (Å²) in [5, 5.41) is 12.3. The molecule has 0 amide bonds. The number of benzene rings is 8. The predicted molar refractivity (Wildman–Crippen MR) is 198 cm³/mol. The van der Waals surface area contributed by atoms with E-state index in [0.717, 1.165) is 0 Å². The first-order chi connectivity index (χ1) is 24.2. The molecule has 0 spiro atoms. The molecule has 4 heterocycles. The quantitative estimate of drug-likeness (QED) is 0.177. The van der Waals surface area contributed by atoms with Crippen molar-refractivity contribution in [2.75, 3.05) is 7.05 Å². The molecule has 6 aliphatic rings. The van der Waals surface area contributed by atoms with E-state index in [0.29, 0.717) is 0 Å². The zero-order valence-electron chi connectivity index (χ0n) is 27.4. The summed E-state index contributed by atoms with van der Waals surface area (Å²) in [6.07, 6.45) is -0.0524. The second-order valence-corrected chi connectivity index (χ2v) is 13.8. The average molecular weight is 650 g/mol. The Balaban J connectivity index is 0.000000124. The summed E-state index contributed by atoms with van der Waals surface area (Å²) in [4.78, 5) is 12.2. The van der Waals surface area contributed by atoms with Gasteiger partial charge in [0.2, 0.25) is 0 Å². The van der Waals surface area contributed by atoms with Crippen molar-refractivity contribution in [3.63, 3.8) is 0 Å². The molecule has 8 aromatic rings. The van der Waals surface area contributed by atoms with Crippen molar-refractivity contribution >= 4 is 43.1 Å². The van der Waals surface area contributed by atoms with Crippen molar-refractivity contribution in [2.45, 2.75) is 24.3 Å². The van der Waals surface area contributed by atoms with E-state index < -0.39 is 0 Å². The first-order valence-electron chi connectivity index (χ1n) is 17.1. The number of fused-ring (bicyclic) bond motifs is 6. The van der Waals surface area contributed by atoms with Gasteiger partial charge in [-0.25, -0.2) is 0 Å². The lowest BCUT2D eigenvalue weighted by atomic mass is 9.77. The van der Waals surface area contributed by atoms with E-state index in [-0.39, 0.29) is 29.8 Å². The molecular formula is C45H33N2O3-. The average Bonchev–Trinajstić information content (AvgIpc) is 3.15. The van der Waals surface area contributed by atoms with Crippen LogP contribution in [-0.2, 0) is 9.68 Å². The van der Waals surface area contributed by atoms with Gasteiger partial charge in [0.1, 0.15) is 12.2 Å². The molecular weight excluding hydrogens is 617 g/mol. The topological polar surface area (TPSA) is 63.7 Å². The van der Waals surface area contributed by atoms with Gasteiger partial charge in [-0.2, -0.15) is 10.5 Å². The van der Waals surface area contributed by atoms with Gasteiger partial charge in [0.15, 0.2) is 0 Å². The monoisotopic (exact) mass is 649 g/mol. The van der Waals surface area contributed by atoms with Crippen LogP contribution < -0.4 is 5.48 Å². The number of hydroxylamine groups is 3. The Hall–Kier alpha value is -5.40. The van der Waals surface area contributed by atoms with Crippen LogP contribution >= 0.6 is 0 Å². The zero-order chi connectivity index (χ0) is 32.2. The Kier molecular flexibility index (Phi) is 6.52. The first kappa shape index (κ1) is 29.5. The number of nitrogens with zero attached hydrogens (tertiary/aromatic N) is 1. The minimum absolute atomic E-state index is 0. The van der Waals surface area contributed by atoms with Crippen LogP contribution in [0, 0.1) is 0 Å². The summed E-state index contributed by atoms with van der Waals surface area (Å²) < 4.78 is 0. The highest BCUT2D eigenvalue weighted by atomic mass is 16.7. The number of nitrogens with one attached hydrogen (secondary N) is 1. The molecule has 0 unspecified atom stereocenters. The minimum Gasteiger partial charge on any atom is -0.870 e. The van der Waals surface area contributed by atoms with Crippen LogP contribution in [0.1, 0.15) is 68.8 Å². The Morgan fingerprint density at radius 1 is 0.420 bits per heavy atom. The first-order valence-corrected chi connectivity index (χ1v) is 17.1. The van der Waals surface area contributed by atoms with Gasteiger partial charge in [-0.15, -0.1) is 0 Å². The molecule has 0 aromatic heterocycles. The van der Waals surface area contributed by atoms with Gasteiger partial charge < -0.3 is 5.48 Å². The molecule has 8 aromatic carbocycles. The lowest BCUT2D eigenvalue weighted by molar-refractivity contribution is -0.213. The molecule has 0 saturated heterocycles. The summed E-state index contributed by atoms with van der Waals surface area (Å²) in [6, 6.07) is 53.1. The lowest BCUT2D eigenvalue weighted by Gasteiger charge is -2.45. The van der Waals surface area contributed by atoms with Crippen LogP contribution in [0.3, 0.4) is 0 Å². The normalized spacial score (nSPS) is 20.8. The van der Waals surface area contributed by atoms with Gasteiger partial charge in [0.05, 0.1) is 12.1 Å². The van der Waals surface area contributed by atoms with E-state index in [9.17, 15) is 0 Å². The third kappa shape index (κ3) is 4.26. The smallest absolute Gasteiger partial charge is 0.130 e. The van der Waals surface area contributed by atoms with Crippen molar-refractivity contribution < 1.29 is 15.2 Å². The van der Waals surface area contributed by atoms with E-state index in [1.807, 2.05) is 12.1 Å². The highest BCUT2D eigenvalue weighted by molar-refractivity contribution is 5.89. The fourth-order valence-electron chi connectivity index (χ4n) is 8.78. The van der Waals surface area contributed by atoms with Crippen LogP contribution in [0.25, 0.3) is 43.1 Å². The molecule has 0 saturated carbocycles. The molecule has 2 N–H and O–H groups in total. The van der Waals surface area contributed by atoms with E-state index in [2.05, 4.69) is 151 Å². The molecule has 2 aliphatic carbocycles. The third-order valence-electron chi connectivity index (χ3n) is 11.1. The van der Waals surface area contributed by atoms with Gasteiger partial charge in [-0.1, -0.05) is 97.1 Å². The van der Waals surface area contributed by atoms with Gasteiger partial charge in [0, 0.05) is 7.05 Å². The summed E-state index contributed by atoms with van der Waals surface area (Å²) in [7, 11) is 2.05. The third-order valence-corrected chi connectivity index (χ3v) is 11.1. The van der Waals surface area contributed by atoms with Crippen LogP contribution in [0.15, 0.2) is 146 Å². The van der Waals surface area contributed by atoms with Gasteiger partial charge >= 0.3 is 0 Å². The Labute approximate surface area is 289 Å². The summed E-state index contributed by atoms with van der Waals surface area (Å²) in [5.41, 5.74) is 13.9. The lowest BCUT2D eigenvalue weighted by Crippen LogP contribution is -2.39. The highest BCUT2D eigenvalue weighted by Gasteiger charge is 2.42. The molecule has 4 bridgehead atoms. The predicted octanol–water partition coefficient (Wildman–Crippen LogP) is 10.2. The van der Waals surface area contributed by atoms with E-state index in [1.165, 1.54) is 87.6 Å². The fraction of sp³-hybridized carbons (Fsp3) is 0.111. The standard InChI is InChI=1S/C23H17NO.C22H15NO.H2O/c1-24-22-18-10-14-6-2-4-8-16(14)12-20(18)23(25-24)21-13-17-9-5-3-7-15(17)11-19(21)22;1-3-7-15-11-19-17(9-13(15)5-1)21-18-10-14-6-2-4-8-16(14)12-20(18)22(19)24-23-21;/h2-13,22-23H,1H3;1-12,21-23H;1H2/p-1. The van der Waals surface area contributed by atoms with E-state index in [4.69, 9.17) is 9.68 Å². The van der Waals surface area contributed by atoms with Gasteiger partial charge in [-0.3, -0.25) is 9.68 Å². The molecule has 5 nitrogen and oxygen atoms in total. The van der Waals surface area contributed by atoms with Crippen molar-refractivity contribution in [1.29, 1.82) is 0 Å². The Bertz CT molecular complexity index is 2400. The molecule has 5 heteroatoms. The highest BCUT2D eigenvalue weighted by Crippen LogP contribution is 2.52. The fourth-order valence-corrected chi connectivity index (χ4v) is 8.78. The Morgan fingerprint density at radius 2 is 0.720 bits per heavy atom. The van der Waals surface area contributed by atoms with E-state index >= 15 is 0 Å². The molecule has 14 rings (SSSR count). The summed E-state index contributed by atoms with van der Waals surface area (Å²) in [6.45, 7) is 0. The SMILES string of the molecule is CN1OC2c3cc4ccccc4cc3C1c1cc3ccccc3cc12.[OH-].c1ccc2cc3c(cc2c1)C1NOC3c2cc3ccccc3cc21. The number of hydrogen-bond acceptors (Lipinski definition) is 5. The minimum atomic E-state index is -0.0331. The van der Waals surface area contributed by atoms with Crippen molar-refractivity contribution in [1.82, 2.24) is 10.5 Å². The molecule has 4 aliphatic heterocycles. The van der Waals surface area contributed by atoms with Crippen LogP contribution in [-0.4, -0.2) is 17.6 Å². The molecule has 0 atom stereocenters. The second kappa shape index (κ2) is 11.1. The zero-order valence-corrected chi connectivity index (χ0v) is 27.4. The molecule has 242 valence electrons. The molecule has 0 radical (unpaired) electrons. The summed E-state index contributed by atoms with van der Waals surface area (Å²) in [5.74, 6) is 0. The maximum atomic E-state index is 6.27. The molecule has 0 fully saturated rings. The number of rotatable bonds is 0. The van der Waals surface area contributed by atoms with Crippen molar-refractivity contribution in [2.24, 2.45) is 0 Å². The van der Waals surface area contributed by atoms with Crippen LogP contribution in [0.4, 0.5) is 0 Å². The van der Waals surface area contributed by atoms with E-state index in [1.54, 1.807) is 0 Å². The van der Waals surface area contributed by atoms with Crippen molar-refractivity contribution in [3.8, 4) is 0 Å². The summed E-state index contributed by atoms with van der Waals surface area (Å²) >= 11 is 0. The van der Waals surface area contributed by atoms with Gasteiger partial charge in [0.25, 0.3) is 0 Å². The van der Waals surface area contributed by atoms with Gasteiger partial charge in [-0.05, 0) is 136 Å². The van der Waals surface area contributed by atoms with Crippen LogP contribution in [0.2, 0.25) is 0 Å². The van der Waals surface area contributed by atoms with Crippen LogP contribution in [0.5, 0.6) is 0 Å². The Morgan fingerprint density at radius 3 is 1.08 bits per heavy atom. The maximum Gasteiger partial charge on any atom is 0.130 e. The second-order valence-electron chi connectivity index (χ2n) is 13.8. The maximum absolute atomic E-state index is 6.27. The molecule has 50 heavy (non-hydrogen) atoms. The largest absolute Gasteiger partial charge is 0.870 e.